The number of para-hydroxylation sites is 2. The summed E-state index contributed by atoms with van der Waals surface area (Å²) in [6.07, 6.45) is 1.95. The molecule has 4 aromatic carbocycles. The number of hydrogen-bond acceptors (Lipinski definition) is 2. The monoisotopic (exact) mass is 680 g/mol. The number of halogens is 6. The average molecular weight is 682 g/mol. The molecule has 0 spiro atoms. The molecule has 0 amide bonds. The Labute approximate surface area is 264 Å². The van der Waals surface area contributed by atoms with Crippen LogP contribution in [-0.4, -0.2) is 13.9 Å². The first-order valence-corrected chi connectivity index (χ1v) is 15.4. The average Bonchev–Trinajstić information content (AvgIpc) is 3.64. The molecule has 2 aliphatic rings. The van der Waals surface area contributed by atoms with E-state index in [-0.39, 0.29) is 0 Å². The first-order chi connectivity index (χ1) is 20.4. The predicted molar refractivity (Wildman–Crippen MR) is 155 cm³/mol. The molecule has 4 aromatic rings. The van der Waals surface area contributed by atoms with Crippen LogP contribution in [0.1, 0.15) is 66.0 Å². The van der Waals surface area contributed by atoms with E-state index in [2.05, 4.69) is 40.1 Å². The molecule has 230 valence electrons. The molecule has 43 heavy (non-hydrogen) atoms. The standard InChI is InChI=1S/2C9H11.2C7H5F3O.C2H4.Zr/c2*1-2-5-9-7-3-6-8(9)4-1;2*8-7(9,10)5-3-1-2-4-6(5)11;1-2;/h2*3,6-7H,1-2,4-5H2;2*1-4,11H;1H,2H3;/q2*-1;;;;+2. The van der Waals surface area contributed by atoms with E-state index in [0.717, 1.165) is 24.3 Å². The Kier molecular flexibility index (Phi) is 15.2. The van der Waals surface area contributed by atoms with Gasteiger partial charge in [-0.05, 0) is 24.3 Å². The fourth-order valence-electron chi connectivity index (χ4n) is 4.65. The minimum absolute atomic E-state index is 0.736. The first kappa shape index (κ1) is 36.3. The van der Waals surface area contributed by atoms with Gasteiger partial charge in [-0.3, -0.25) is 0 Å². The summed E-state index contributed by atoms with van der Waals surface area (Å²) in [5, 5.41) is 17.5. The Bertz CT molecular complexity index is 1220. The van der Waals surface area contributed by atoms with Gasteiger partial charge in [-0.2, -0.15) is 72.9 Å². The molecule has 0 aromatic heterocycles. The van der Waals surface area contributed by atoms with E-state index >= 15 is 0 Å². The van der Waals surface area contributed by atoms with Gasteiger partial charge in [-0.25, -0.2) is 12.1 Å². The quantitative estimate of drug-likeness (QED) is 0.143. The second-order valence-electron chi connectivity index (χ2n) is 9.89. The largest absolute Gasteiger partial charge is 0.507 e. The predicted octanol–water partition coefficient (Wildman–Crippen LogP) is 9.75. The number of alkyl halides is 6. The third-order valence-electron chi connectivity index (χ3n) is 6.72. The zero-order valence-electron chi connectivity index (χ0n) is 24.0. The minimum Gasteiger partial charge on any atom is -0.507 e. The van der Waals surface area contributed by atoms with Gasteiger partial charge in [0, 0.05) is 0 Å². The molecule has 2 N–H and O–H groups in total. The molecule has 2 nitrogen and oxygen atoms in total. The van der Waals surface area contributed by atoms with E-state index in [4.69, 9.17) is 10.2 Å². The summed E-state index contributed by atoms with van der Waals surface area (Å²) >= 11 is 1.51. The molecular formula is C34H36F6O2Zr. The van der Waals surface area contributed by atoms with Crippen molar-refractivity contribution in [3.05, 3.63) is 118 Å². The summed E-state index contributed by atoms with van der Waals surface area (Å²) in [6, 6.07) is 22.2. The van der Waals surface area contributed by atoms with Gasteiger partial charge in [0.2, 0.25) is 0 Å². The minimum atomic E-state index is -4.47. The zero-order valence-corrected chi connectivity index (χ0v) is 26.4. The summed E-state index contributed by atoms with van der Waals surface area (Å²) in [7, 11) is 0. The number of aromatic hydroxyl groups is 2. The molecule has 0 saturated carbocycles. The molecule has 0 bridgehead atoms. The van der Waals surface area contributed by atoms with Crippen molar-refractivity contribution in [2.24, 2.45) is 0 Å². The number of aryl methyl sites for hydroxylation is 4. The Balaban J connectivity index is 0.000000194. The van der Waals surface area contributed by atoms with Crippen molar-refractivity contribution in [3.8, 4) is 11.5 Å². The Morgan fingerprint density at radius 2 is 0.930 bits per heavy atom. The molecule has 6 rings (SSSR count). The van der Waals surface area contributed by atoms with Crippen LogP contribution < -0.4 is 0 Å². The summed E-state index contributed by atoms with van der Waals surface area (Å²) in [5.74, 6) is -1.47. The van der Waals surface area contributed by atoms with Crippen LogP contribution in [0, 0.1) is 0 Å². The van der Waals surface area contributed by atoms with Crippen LogP contribution in [0.3, 0.4) is 0 Å². The molecule has 0 unspecified atom stereocenters. The van der Waals surface area contributed by atoms with E-state index in [9.17, 15) is 26.3 Å². The summed E-state index contributed by atoms with van der Waals surface area (Å²) in [5.41, 5.74) is 4.39. The smallest absolute Gasteiger partial charge is 0.419 e. The fourth-order valence-corrected chi connectivity index (χ4v) is 4.65. The van der Waals surface area contributed by atoms with Gasteiger partial charge in [-0.1, -0.05) is 75.6 Å². The zero-order chi connectivity index (χ0) is 31.9. The molecule has 0 heterocycles. The van der Waals surface area contributed by atoms with Crippen LogP contribution in [0.4, 0.5) is 26.3 Å². The van der Waals surface area contributed by atoms with Crippen LogP contribution in [0.25, 0.3) is 0 Å². The number of fused-ring (bicyclic) bond motifs is 2. The maximum absolute atomic E-state index is 11.9. The molecule has 2 aliphatic carbocycles. The van der Waals surface area contributed by atoms with E-state index in [1.165, 1.54) is 99.9 Å². The Hall–Kier alpha value is -2.93. The second kappa shape index (κ2) is 18.0. The van der Waals surface area contributed by atoms with Crippen LogP contribution in [0.15, 0.2) is 84.9 Å². The van der Waals surface area contributed by atoms with E-state index in [0.29, 0.717) is 0 Å². The van der Waals surface area contributed by atoms with Crippen molar-refractivity contribution < 1.29 is 60.8 Å². The number of benzene rings is 2. The van der Waals surface area contributed by atoms with E-state index in [1.807, 2.05) is 6.92 Å². The first-order valence-electron chi connectivity index (χ1n) is 14.0. The van der Waals surface area contributed by atoms with Gasteiger partial charge in [-0.15, -0.1) is 0 Å². The van der Waals surface area contributed by atoms with E-state index in [1.54, 1.807) is 22.3 Å². The SMILES string of the molecule is C[CH]=[Zr+2].Oc1ccccc1C(F)(F)F.Oc1ccccc1C(F)(F)F.c1cc2c([cH-]1)CCCC2.c1cc2c([cH-]1)CCCC2. The molecular weight excluding hydrogens is 646 g/mol. The van der Waals surface area contributed by atoms with E-state index < -0.39 is 35.0 Å². The summed E-state index contributed by atoms with van der Waals surface area (Å²) in [4.78, 5) is 0. The van der Waals surface area contributed by atoms with Gasteiger partial charge in [0.05, 0.1) is 11.1 Å². The van der Waals surface area contributed by atoms with Gasteiger partial charge in [0.1, 0.15) is 11.5 Å². The normalized spacial score (nSPS) is 13.5. The number of rotatable bonds is 0. The molecule has 0 fully saturated rings. The Morgan fingerprint density at radius 1 is 0.605 bits per heavy atom. The van der Waals surface area contributed by atoms with Gasteiger partial charge in [0.25, 0.3) is 0 Å². The van der Waals surface area contributed by atoms with Gasteiger partial charge < -0.3 is 10.2 Å². The maximum atomic E-state index is 11.9. The van der Waals surface area contributed by atoms with Crippen molar-refractivity contribution in [2.45, 2.75) is 70.6 Å². The molecule has 0 atom stereocenters. The van der Waals surface area contributed by atoms with Crippen molar-refractivity contribution in [1.82, 2.24) is 0 Å². The van der Waals surface area contributed by atoms with Crippen molar-refractivity contribution in [1.29, 1.82) is 0 Å². The van der Waals surface area contributed by atoms with Crippen molar-refractivity contribution in [3.63, 3.8) is 0 Å². The third kappa shape index (κ3) is 12.7. The van der Waals surface area contributed by atoms with Crippen LogP contribution >= 0.6 is 0 Å². The molecule has 0 saturated heterocycles. The molecule has 9 heteroatoms. The fraction of sp³-hybridized carbons (Fsp3) is 0.324. The second-order valence-corrected chi connectivity index (χ2v) is 11.3. The van der Waals surface area contributed by atoms with Crippen LogP contribution in [0.5, 0.6) is 11.5 Å². The van der Waals surface area contributed by atoms with Crippen LogP contribution in [-0.2, 0) is 62.3 Å². The maximum Gasteiger partial charge on any atom is 0.419 e. The summed E-state index contributed by atoms with van der Waals surface area (Å²) in [6.45, 7) is 2.04. The topological polar surface area (TPSA) is 40.5 Å². The van der Waals surface area contributed by atoms with Gasteiger partial charge in [0.15, 0.2) is 0 Å². The van der Waals surface area contributed by atoms with Crippen molar-refractivity contribution in [2.75, 3.05) is 0 Å². The summed E-state index contributed by atoms with van der Waals surface area (Å²) < 4.78 is 73.4. The number of phenols is 2. The van der Waals surface area contributed by atoms with Crippen LogP contribution in [0.2, 0.25) is 0 Å². The third-order valence-corrected chi connectivity index (χ3v) is 6.72. The molecule has 0 aliphatic heterocycles. The number of phenolic OH excluding ortho intramolecular Hbond substituents is 2. The number of hydrogen-bond donors (Lipinski definition) is 2. The molecule has 0 radical (unpaired) electrons. The van der Waals surface area contributed by atoms with Crippen molar-refractivity contribution >= 4 is 3.71 Å². The Morgan fingerprint density at radius 3 is 1.21 bits per heavy atom. The van der Waals surface area contributed by atoms with Gasteiger partial charge >= 0.3 is 47.2 Å².